The minimum atomic E-state index is -0.155. The number of ether oxygens (including phenoxy) is 1. The first-order valence-electron chi connectivity index (χ1n) is 8.52. The molecule has 1 amide bonds. The Labute approximate surface area is 152 Å². The van der Waals surface area contributed by atoms with Crippen LogP contribution in [0.3, 0.4) is 0 Å². The van der Waals surface area contributed by atoms with Crippen LogP contribution in [0.15, 0.2) is 54.7 Å². The third-order valence-electron chi connectivity index (χ3n) is 4.57. The van der Waals surface area contributed by atoms with E-state index in [4.69, 9.17) is 9.72 Å². The van der Waals surface area contributed by atoms with E-state index in [0.717, 1.165) is 28.1 Å². The molecule has 26 heavy (non-hydrogen) atoms. The molecule has 130 valence electrons. The number of rotatable bonds is 4. The van der Waals surface area contributed by atoms with Crippen molar-refractivity contribution in [3.05, 3.63) is 77.1 Å². The van der Waals surface area contributed by atoms with Gasteiger partial charge in [0.2, 0.25) is 0 Å². The van der Waals surface area contributed by atoms with Gasteiger partial charge >= 0.3 is 0 Å². The number of aryl methyl sites for hydroxylation is 1. The van der Waals surface area contributed by atoms with Crippen LogP contribution in [0.5, 0.6) is 5.75 Å². The molecule has 1 unspecified atom stereocenters. The second kappa shape index (κ2) is 6.59. The Kier molecular flexibility index (Phi) is 4.13. The minimum Gasteiger partial charge on any atom is -0.497 e. The summed E-state index contributed by atoms with van der Waals surface area (Å²) in [4.78, 5) is 21.4. The van der Waals surface area contributed by atoms with E-state index in [9.17, 15) is 4.79 Å². The number of methoxy groups -OCH3 is 1. The van der Waals surface area contributed by atoms with Gasteiger partial charge in [-0.15, -0.1) is 0 Å². The molecule has 5 nitrogen and oxygen atoms in total. The Hall–Kier alpha value is -3.21. The van der Waals surface area contributed by atoms with Crippen LogP contribution in [0.25, 0.3) is 11.4 Å². The monoisotopic (exact) mass is 345 g/mol. The van der Waals surface area contributed by atoms with Crippen LogP contribution < -0.4 is 10.1 Å². The van der Waals surface area contributed by atoms with Crippen molar-refractivity contribution in [1.82, 2.24) is 15.3 Å². The average Bonchev–Trinajstić information content (AvgIpc) is 2.97. The molecule has 1 aliphatic heterocycles. The topological polar surface area (TPSA) is 64.1 Å². The van der Waals surface area contributed by atoms with Gasteiger partial charge in [-0.2, -0.15) is 0 Å². The molecule has 0 spiro atoms. The highest BCUT2D eigenvalue weighted by atomic mass is 16.5. The van der Waals surface area contributed by atoms with E-state index < -0.39 is 0 Å². The molecule has 0 saturated heterocycles. The fourth-order valence-electron chi connectivity index (χ4n) is 3.21. The maximum atomic E-state index is 12.3. The molecular weight excluding hydrogens is 326 g/mol. The molecule has 1 aromatic heterocycles. The molecule has 0 bridgehead atoms. The zero-order valence-corrected chi connectivity index (χ0v) is 14.7. The van der Waals surface area contributed by atoms with Crippen LogP contribution in [0.2, 0.25) is 0 Å². The zero-order valence-electron chi connectivity index (χ0n) is 14.7. The second-order valence-electron chi connectivity index (χ2n) is 6.44. The summed E-state index contributed by atoms with van der Waals surface area (Å²) in [6, 6.07) is 15.8. The van der Waals surface area contributed by atoms with Crippen molar-refractivity contribution < 1.29 is 9.53 Å². The van der Waals surface area contributed by atoms with Crippen molar-refractivity contribution in [2.45, 2.75) is 19.4 Å². The normalized spacial score (nSPS) is 15.5. The lowest BCUT2D eigenvalue weighted by Gasteiger charge is -2.12. The Bertz CT molecular complexity index is 967. The van der Waals surface area contributed by atoms with Gasteiger partial charge in [-0.25, -0.2) is 9.97 Å². The number of amides is 1. The number of nitrogens with one attached hydrogen (secondary N) is 1. The number of hydrogen-bond acceptors (Lipinski definition) is 4. The van der Waals surface area contributed by atoms with Crippen LogP contribution >= 0.6 is 0 Å². The van der Waals surface area contributed by atoms with Gasteiger partial charge in [0.05, 0.1) is 24.4 Å². The lowest BCUT2D eigenvalue weighted by molar-refractivity contribution is 0.0956. The molecule has 0 saturated carbocycles. The molecule has 2 heterocycles. The van der Waals surface area contributed by atoms with Gasteiger partial charge in [-0.3, -0.25) is 4.79 Å². The third-order valence-corrected chi connectivity index (χ3v) is 4.57. The summed E-state index contributed by atoms with van der Waals surface area (Å²) in [6.45, 7) is 2.04. The van der Waals surface area contributed by atoms with Crippen LogP contribution in [-0.2, 0) is 6.42 Å². The third kappa shape index (κ3) is 3.04. The first-order valence-corrected chi connectivity index (χ1v) is 8.52. The quantitative estimate of drug-likeness (QED) is 0.786. The number of carbonyl (C=O) groups excluding carboxylic acids is 1. The van der Waals surface area contributed by atoms with Crippen molar-refractivity contribution in [2.75, 3.05) is 7.11 Å². The largest absolute Gasteiger partial charge is 0.497 e. The highest BCUT2D eigenvalue weighted by molar-refractivity contribution is 5.98. The average molecular weight is 345 g/mol. The lowest BCUT2D eigenvalue weighted by atomic mass is 10.0. The molecule has 3 aromatic rings. The molecular formula is C21H19N3O2. The summed E-state index contributed by atoms with van der Waals surface area (Å²) in [5.41, 5.74) is 4.53. The summed E-state index contributed by atoms with van der Waals surface area (Å²) >= 11 is 0. The van der Waals surface area contributed by atoms with Gasteiger partial charge < -0.3 is 10.1 Å². The van der Waals surface area contributed by atoms with E-state index in [2.05, 4.69) is 10.3 Å². The van der Waals surface area contributed by atoms with E-state index in [1.807, 2.05) is 55.5 Å². The van der Waals surface area contributed by atoms with E-state index >= 15 is 0 Å². The Morgan fingerprint density at radius 1 is 1.15 bits per heavy atom. The maximum Gasteiger partial charge on any atom is 0.255 e. The van der Waals surface area contributed by atoms with Gasteiger partial charge in [0.25, 0.3) is 5.91 Å². The van der Waals surface area contributed by atoms with Crippen LogP contribution in [-0.4, -0.2) is 23.0 Å². The predicted octanol–water partition coefficient (Wildman–Crippen LogP) is 3.49. The fraction of sp³-hybridized carbons (Fsp3) is 0.190. The molecule has 0 aliphatic carbocycles. The number of nitrogens with zero attached hydrogens (tertiary/aromatic N) is 2. The van der Waals surface area contributed by atoms with Crippen LogP contribution in [0.1, 0.15) is 33.2 Å². The Balaban J connectivity index is 1.66. The van der Waals surface area contributed by atoms with Crippen molar-refractivity contribution >= 4 is 5.91 Å². The highest BCUT2D eigenvalue weighted by Crippen LogP contribution is 2.29. The first kappa shape index (κ1) is 16.3. The zero-order chi connectivity index (χ0) is 18.1. The lowest BCUT2D eigenvalue weighted by Crippen LogP contribution is -2.20. The van der Waals surface area contributed by atoms with Crippen molar-refractivity contribution in [3.8, 4) is 17.1 Å². The maximum absolute atomic E-state index is 12.3. The minimum absolute atomic E-state index is 0.116. The number of carbonyl (C=O) groups is 1. The van der Waals surface area contributed by atoms with E-state index in [-0.39, 0.29) is 11.9 Å². The second-order valence-corrected chi connectivity index (χ2v) is 6.44. The van der Waals surface area contributed by atoms with Gasteiger partial charge in [-0.05, 0) is 37.1 Å². The summed E-state index contributed by atoms with van der Waals surface area (Å²) in [5, 5.41) is 3.01. The molecule has 0 fully saturated rings. The summed E-state index contributed by atoms with van der Waals surface area (Å²) < 4.78 is 5.20. The Morgan fingerprint density at radius 2 is 1.96 bits per heavy atom. The van der Waals surface area contributed by atoms with E-state index in [0.29, 0.717) is 17.8 Å². The van der Waals surface area contributed by atoms with Crippen LogP contribution in [0, 0.1) is 6.92 Å². The summed E-state index contributed by atoms with van der Waals surface area (Å²) in [7, 11) is 1.65. The van der Waals surface area contributed by atoms with Crippen molar-refractivity contribution in [2.24, 2.45) is 0 Å². The number of fused-ring (bicyclic) bond motifs is 1. The molecule has 1 N–H and O–H groups in total. The van der Waals surface area contributed by atoms with E-state index in [1.165, 1.54) is 0 Å². The molecule has 4 rings (SSSR count). The van der Waals surface area contributed by atoms with Gasteiger partial charge in [0.1, 0.15) is 5.75 Å². The highest BCUT2D eigenvalue weighted by Gasteiger charge is 2.31. The number of benzene rings is 2. The molecule has 1 atom stereocenters. The molecule has 5 heteroatoms. The number of hydrogen-bond donors (Lipinski definition) is 1. The standard InChI is InChI=1S/C21H19N3O2/c1-13-4-3-5-15(10-13)20-22-12-17-19(24-20)18(23-21(17)25)11-14-6-8-16(26-2)9-7-14/h3-10,12,18H,11H2,1-2H3,(H,23,25). The van der Waals surface area contributed by atoms with Gasteiger partial charge in [0.15, 0.2) is 5.82 Å². The first-order chi connectivity index (χ1) is 12.6. The summed E-state index contributed by atoms with van der Waals surface area (Å²) in [6.07, 6.45) is 2.30. The summed E-state index contributed by atoms with van der Waals surface area (Å²) in [5.74, 6) is 1.34. The van der Waals surface area contributed by atoms with E-state index in [1.54, 1.807) is 13.3 Å². The SMILES string of the molecule is COc1ccc(CC2NC(=O)c3cnc(-c4cccc(C)c4)nc32)cc1. The smallest absolute Gasteiger partial charge is 0.255 e. The van der Waals surface area contributed by atoms with Gasteiger partial charge in [0, 0.05) is 11.8 Å². The molecule has 0 radical (unpaired) electrons. The molecule has 2 aromatic carbocycles. The molecule has 1 aliphatic rings. The Morgan fingerprint density at radius 3 is 2.69 bits per heavy atom. The number of aromatic nitrogens is 2. The van der Waals surface area contributed by atoms with Crippen LogP contribution in [0.4, 0.5) is 0 Å². The van der Waals surface area contributed by atoms with Crippen molar-refractivity contribution in [1.29, 1.82) is 0 Å². The van der Waals surface area contributed by atoms with Gasteiger partial charge in [-0.1, -0.05) is 35.9 Å². The van der Waals surface area contributed by atoms with Crippen molar-refractivity contribution in [3.63, 3.8) is 0 Å². The fourth-order valence-corrected chi connectivity index (χ4v) is 3.21. The predicted molar refractivity (Wildman–Crippen MR) is 99.1 cm³/mol.